The van der Waals surface area contributed by atoms with Crippen molar-refractivity contribution in [2.75, 3.05) is 11.9 Å². The van der Waals surface area contributed by atoms with Crippen molar-refractivity contribution in [1.82, 2.24) is 4.90 Å². The molecule has 1 saturated heterocycles. The molecule has 2 fully saturated rings. The van der Waals surface area contributed by atoms with Crippen LogP contribution in [0.25, 0.3) is 0 Å². The third kappa shape index (κ3) is 4.35. The maximum atomic E-state index is 12.4. The normalized spacial score (nSPS) is 24.7. The topological polar surface area (TPSA) is 75.4 Å². The Hall–Kier alpha value is -1.88. The lowest BCUT2D eigenvalue weighted by atomic mass is 9.85. The lowest BCUT2D eigenvalue weighted by molar-refractivity contribution is -0.133. The first-order chi connectivity index (χ1) is 11.6. The largest absolute Gasteiger partial charge is 0.338 e. The zero-order chi connectivity index (χ0) is 16.9. The van der Waals surface area contributed by atoms with Gasteiger partial charge in [-0.2, -0.15) is 0 Å². The molecule has 1 aliphatic carbocycles. The summed E-state index contributed by atoms with van der Waals surface area (Å²) < 4.78 is 0. The van der Waals surface area contributed by atoms with Crippen LogP contribution in [0.3, 0.4) is 0 Å². The van der Waals surface area contributed by atoms with Crippen molar-refractivity contribution in [1.29, 1.82) is 0 Å². The molecule has 2 amide bonds. The van der Waals surface area contributed by atoms with Crippen molar-refractivity contribution < 1.29 is 9.59 Å². The van der Waals surface area contributed by atoms with Crippen LogP contribution in [0.4, 0.5) is 5.69 Å². The van der Waals surface area contributed by atoms with Crippen molar-refractivity contribution >= 4 is 17.5 Å². The number of anilines is 1. The number of carbonyl (C=O) groups is 2. The van der Waals surface area contributed by atoms with Crippen LogP contribution < -0.4 is 11.1 Å². The fourth-order valence-corrected chi connectivity index (χ4v) is 3.71. The number of benzene rings is 1. The predicted octanol–water partition coefficient (Wildman–Crippen LogP) is 2.66. The maximum absolute atomic E-state index is 12.4. The van der Waals surface area contributed by atoms with Crippen LogP contribution in [0.15, 0.2) is 24.3 Å². The van der Waals surface area contributed by atoms with Crippen molar-refractivity contribution in [3.63, 3.8) is 0 Å². The highest BCUT2D eigenvalue weighted by Crippen LogP contribution is 2.25. The summed E-state index contributed by atoms with van der Waals surface area (Å²) in [4.78, 5) is 26.3. The van der Waals surface area contributed by atoms with Gasteiger partial charge in [-0.1, -0.05) is 18.6 Å². The second-order valence-corrected chi connectivity index (χ2v) is 7.09. The van der Waals surface area contributed by atoms with E-state index in [2.05, 4.69) is 5.32 Å². The van der Waals surface area contributed by atoms with Gasteiger partial charge in [0.25, 0.3) is 0 Å². The maximum Gasteiger partial charge on any atom is 0.227 e. The molecular weight excluding hydrogens is 302 g/mol. The summed E-state index contributed by atoms with van der Waals surface area (Å²) >= 11 is 0. The molecule has 3 rings (SSSR count). The van der Waals surface area contributed by atoms with Gasteiger partial charge >= 0.3 is 0 Å². The highest BCUT2D eigenvalue weighted by molar-refractivity contribution is 5.92. The zero-order valence-corrected chi connectivity index (χ0v) is 14.2. The number of carbonyl (C=O) groups excluding carboxylic acids is 2. The number of likely N-dealkylation sites (tertiary alicyclic amines) is 1. The third-order valence-electron chi connectivity index (χ3n) is 5.07. The Morgan fingerprint density at radius 2 is 2.12 bits per heavy atom. The number of nitrogens with one attached hydrogen (secondary N) is 1. The Bertz CT molecular complexity index is 602. The molecule has 1 aliphatic heterocycles. The first kappa shape index (κ1) is 17.0. The standard InChI is InChI=1S/C19H27N3O2/c20-16-7-4-6-15(12-16)19(24)21-17-8-3-5-14(11-17)13-22-10-2-1-9-18(22)23/h3,5,8,11,15-16H,1-2,4,6-7,9-10,12-13,20H2,(H,21,24). The molecule has 1 aromatic carbocycles. The minimum absolute atomic E-state index is 0.0149. The highest BCUT2D eigenvalue weighted by atomic mass is 16.2. The van der Waals surface area contributed by atoms with Crippen LogP contribution in [0, 0.1) is 5.92 Å². The van der Waals surface area contributed by atoms with Crippen LogP contribution in [-0.2, 0) is 16.1 Å². The minimum Gasteiger partial charge on any atom is -0.338 e. The molecule has 0 spiro atoms. The van der Waals surface area contributed by atoms with E-state index >= 15 is 0 Å². The lowest BCUT2D eigenvalue weighted by Gasteiger charge is -2.27. The molecule has 0 bridgehead atoms. The molecule has 3 N–H and O–H groups in total. The number of nitrogens with zero attached hydrogens (tertiary/aromatic N) is 1. The van der Waals surface area contributed by atoms with Crippen molar-refractivity contribution in [2.24, 2.45) is 11.7 Å². The van der Waals surface area contributed by atoms with E-state index in [-0.39, 0.29) is 23.8 Å². The van der Waals surface area contributed by atoms with Crippen molar-refractivity contribution in [3.8, 4) is 0 Å². The van der Waals surface area contributed by atoms with Gasteiger partial charge in [-0.15, -0.1) is 0 Å². The molecule has 2 aliphatic rings. The monoisotopic (exact) mass is 329 g/mol. The Morgan fingerprint density at radius 3 is 2.92 bits per heavy atom. The van der Waals surface area contributed by atoms with Crippen LogP contribution in [0.2, 0.25) is 0 Å². The van der Waals surface area contributed by atoms with Crippen LogP contribution in [0.1, 0.15) is 50.5 Å². The Kier molecular flexibility index (Phi) is 5.51. The molecule has 0 radical (unpaired) electrons. The van der Waals surface area contributed by atoms with Crippen LogP contribution >= 0.6 is 0 Å². The molecule has 2 atom stereocenters. The summed E-state index contributed by atoms with van der Waals surface area (Å²) in [5.74, 6) is 0.310. The molecule has 24 heavy (non-hydrogen) atoms. The zero-order valence-electron chi connectivity index (χ0n) is 14.2. The summed E-state index contributed by atoms with van der Waals surface area (Å²) in [7, 11) is 0. The third-order valence-corrected chi connectivity index (χ3v) is 5.07. The van der Waals surface area contributed by atoms with E-state index in [0.717, 1.165) is 56.3 Å². The average molecular weight is 329 g/mol. The minimum atomic E-state index is 0.0149. The fraction of sp³-hybridized carbons (Fsp3) is 0.579. The van der Waals surface area contributed by atoms with Crippen molar-refractivity contribution in [2.45, 2.75) is 57.5 Å². The van der Waals surface area contributed by atoms with Gasteiger partial charge < -0.3 is 16.0 Å². The van der Waals surface area contributed by atoms with E-state index in [9.17, 15) is 9.59 Å². The lowest BCUT2D eigenvalue weighted by Crippen LogP contribution is -2.35. The van der Waals surface area contributed by atoms with E-state index in [0.29, 0.717) is 13.0 Å². The highest BCUT2D eigenvalue weighted by Gasteiger charge is 2.25. The van der Waals surface area contributed by atoms with Gasteiger partial charge in [-0.05, 0) is 49.8 Å². The molecule has 2 unspecified atom stereocenters. The van der Waals surface area contributed by atoms with Crippen LogP contribution in [-0.4, -0.2) is 29.3 Å². The second-order valence-electron chi connectivity index (χ2n) is 7.09. The predicted molar refractivity (Wildman–Crippen MR) is 94.3 cm³/mol. The van der Waals surface area contributed by atoms with E-state index in [1.54, 1.807) is 0 Å². The summed E-state index contributed by atoms with van der Waals surface area (Å²) in [6, 6.07) is 7.97. The molecule has 130 valence electrons. The average Bonchev–Trinajstić information content (AvgIpc) is 2.57. The summed E-state index contributed by atoms with van der Waals surface area (Å²) in [5.41, 5.74) is 7.85. The molecule has 5 heteroatoms. The van der Waals surface area contributed by atoms with E-state index in [4.69, 9.17) is 5.73 Å². The Morgan fingerprint density at radius 1 is 1.25 bits per heavy atom. The van der Waals surface area contributed by atoms with Gasteiger partial charge in [0, 0.05) is 37.2 Å². The van der Waals surface area contributed by atoms with Crippen LogP contribution in [0.5, 0.6) is 0 Å². The Balaban J connectivity index is 1.60. The van der Waals surface area contributed by atoms with Gasteiger partial charge in [-0.25, -0.2) is 0 Å². The number of rotatable bonds is 4. The molecular formula is C19H27N3O2. The first-order valence-electron chi connectivity index (χ1n) is 9.05. The molecule has 1 saturated carbocycles. The van der Waals surface area contributed by atoms with Gasteiger partial charge in [0.15, 0.2) is 0 Å². The number of amides is 2. The van der Waals surface area contributed by atoms with Gasteiger partial charge in [-0.3, -0.25) is 9.59 Å². The first-order valence-corrected chi connectivity index (χ1v) is 9.05. The molecule has 1 aromatic rings. The van der Waals surface area contributed by atoms with Gasteiger partial charge in [0.2, 0.25) is 11.8 Å². The number of hydrogen-bond acceptors (Lipinski definition) is 3. The fourth-order valence-electron chi connectivity index (χ4n) is 3.71. The number of piperidine rings is 1. The molecule has 0 aromatic heterocycles. The number of nitrogens with two attached hydrogens (primary N) is 1. The summed E-state index contributed by atoms with van der Waals surface area (Å²) in [5, 5.41) is 3.02. The van der Waals surface area contributed by atoms with Gasteiger partial charge in [0.1, 0.15) is 0 Å². The van der Waals surface area contributed by atoms with E-state index in [1.807, 2.05) is 29.2 Å². The van der Waals surface area contributed by atoms with Crippen molar-refractivity contribution in [3.05, 3.63) is 29.8 Å². The number of hydrogen-bond donors (Lipinski definition) is 2. The SMILES string of the molecule is NC1CCCC(C(=O)Nc2cccc(CN3CCCCC3=O)c2)C1. The smallest absolute Gasteiger partial charge is 0.227 e. The second kappa shape index (κ2) is 7.79. The van der Waals surface area contributed by atoms with E-state index < -0.39 is 0 Å². The summed E-state index contributed by atoms with van der Waals surface area (Å²) in [6.07, 6.45) is 6.45. The van der Waals surface area contributed by atoms with Gasteiger partial charge in [0.05, 0.1) is 0 Å². The Labute approximate surface area is 143 Å². The quantitative estimate of drug-likeness (QED) is 0.891. The molecule has 1 heterocycles. The van der Waals surface area contributed by atoms with E-state index in [1.165, 1.54) is 0 Å². The molecule has 5 nitrogen and oxygen atoms in total. The summed E-state index contributed by atoms with van der Waals surface area (Å²) in [6.45, 7) is 1.45.